The van der Waals surface area contributed by atoms with E-state index in [1.165, 1.54) is 19.2 Å². The molecular formula is C12H17Cl2NO3S. The second-order valence-corrected chi connectivity index (χ2v) is 6.83. The molecule has 4 nitrogen and oxygen atoms in total. The fourth-order valence-corrected chi connectivity index (χ4v) is 4.53. The average Bonchev–Trinajstić information content (AvgIpc) is 2.28. The van der Waals surface area contributed by atoms with E-state index in [0.717, 1.165) is 0 Å². The second kappa shape index (κ2) is 7.45. The number of rotatable bonds is 7. The predicted octanol–water partition coefficient (Wildman–Crippen LogP) is 2.39. The molecule has 0 saturated carbocycles. The lowest BCUT2D eigenvalue weighted by atomic mass is 10.3. The lowest BCUT2D eigenvalue weighted by molar-refractivity contribution is 0.174. The normalized spacial score (nSPS) is 13.5. The lowest BCUT2D eigenvalue weighted by Crippen LogP contribution is -2.39. The van der Waals surface area contributed by atoms with Gasteiger partial charge in [-0.2, -0.15) is 0 Å². The van der Waals surface area contributed by atoms with Crippen LogP contribution in [-0.2, 0) is 14.6 Å². The minimum Gasteiger partial charge on any atom is -0.383 e. The van der Waals surface area contributed by atoms with Gasteiger partial charge in [-0.05, 0) is 18.7 Å². The van der Waals surface area contributed by atoms with Crippen LogP contribution in [0.5, 0.6) is 0 Å². The summed E-state index contributed by atoms with van der Waals surface area (Å²) < 4.78 is 29.7. The van der Waals surface area contributed by atoms with Crippen LogP contribution >= 0.6 is 23.2 Å². The highest BCUT2D eigenvalue weighted by molar-refractivity contribution is 7.91. The van der Waals surface area contributed by atoms with Gasteiger partial charge in [0, 0.05) is 13.2 Å². The van der Waals surface area contributed by atoms with E-state index >= 15 is 0 Å². The summed E-state index contributed by atoms with van der Waals surface area (Å²) in [5.41, 5.74) is 0. The number of ether oxygens (including phenoxy) is 1. The molecule has 1 aromatic carbocycles. The lowest BCUT2D eigenvalue weighted by Gasteiger charge is -2.17. The molecule has 0 bridgehead atoms. The van der Waals surface area contributed by atoms with E-state index in [4.69, 9.17) is 27.9 Å². The van der Waals surface area contributed by atoms with Gasteiger partial charge in [0.1, 0.15) is 4.90 Å². The van der Waals surface area contributed by atoms with Gasteiger partial charge in [0.25, 0.3) is 0 Å². The van der Waals surface area contributed by atoms with E-state index in [0.29, 0.717) is 13.2 Å². The number of nitrogens with one attached hydrogen (secondary N) is 1. The summed E-state index contributed by atoms with van der Waals surface area (Å²) in [6.45, 7) is 2.85. The Balaban J connectivity index is 3.03. The monoisotopic (exact) mass is 325 g/mol. The number of hydrogen-bond donors (Lipinski definition) is 1. The zero-order valence-corrected chi connectivity index (χ0v) is 13.1. The summed E-state index contributed by atoms with van der Waals surface area (Å²) in [6.07, 6.45) is 0. The SMILES string of the molecule is CCNC(COC)CS(=O)(=O)c1c(Cl)cccc1Cl. The van der Waals surface area contributed by atoms with Crippen LogP contribution in [0.4, 0.5) is 0 Å². The summed E-state index contributed by atoms with van der Waals surface area (Å²) >= 11 is 11.9. The van der Waals surface area contributed by atoms with Gasteiger partial charge in [-0.25, -0.2) is 8.42 Å². The van der Waals surface area contributed by atoms with Gasteiger partial charge < -0.3 is 10.1 Å². The first kappa shape index (κ1) is 16.7. The van der Waals surface area contributed by atoms with Crippen molar-refractivity contribution in [3.63, 3.8) is 0 Å². The molecule has 1 atom stereocenters. The van der Waals surface area contributed by atoms with E-state index in [1.807, 2.05) is 6.92 Å². The molecular weight excluding hydrogens is 309 g/mol. The highest BCUT2D eigenvalue weighted by atomic mass is 35.5. The standard InChI is InChI=1S/C12H17Cl2NO3S/c1-3-15-9(7-18-2)8-19(16,17)12-10(13)5-4-6-11(12)14/h4-6,9,15H,3,7-8H2,1-2H3. The molecule has 0 aliphatic carbocycles. The van der Waals surface area contributed by atoms with Gasteiger partial charge in [-0.3, -0.25) is 0 Å². The largest absolute Gasteiger partial charge is 0.383 e. The van der Waals surface area contributed by atoms with Crippen LogP contribution in [0.3, 0.4) is 0 Å². The Morgan fingerprint density at radius 2 is 1.89 bits per heavy atom. The van der Waals surface area contributed by atoms with Gasteiger partial charge >= 0.3 is 0 Å². The van der Waals surface area contributed by atoms with Crippen molar-refractivity contribution in [3.8, 4) is 0 Å². The zero-order chi connectivity index (χ0) is 14.5. The van der Waals surface area contributed by atoms with Crippen molar-refractivity contribution in [1.29, 1.82) is 0 Å². The molecule has 0 spiro atoms. The van der Waals surface area contributed by atoms with Gasteiger partial charge in [0.05, 0.1) is 22.4 Å². The van der Waals surface area contributed by atoms with E-state index < -0.39 is 9.84 Å². The zero-order valence-electron chi connectivity index (χ0n) is 10.8. The number of methoxy groups -OCH3 is 1. The molecule has 0 saturated heterocycles. The minimum absolute atomic E-state index is 0.0164. The van der Waals surface area contributed by atoms with Crippen molar-refractivity contribution in [2.75, 3.05) is 26.0 Å². The summed E-state index contributed by atoms with van der Waals surface area (Å²) in [6, 6.07) is 4.34. The van der Waals surface area contributed by atoms with Gasteiger partial charge in [-0.15, -0.1) is 0 Å². The first-order chi connectivity index (χ1) is 8.92. The van der Waals surface area contributed by atoms with Crippen molar-refractivity contribution in [3.05, 3.63) is 28.2 Å². The Labute approximate surface area is 124 Å². The van der Waals surface area contributed by atoms with Crippen LogP contribution < -0.4 is 5.32 Å². The number of hydrogen-bond acceptors (Lipinski definition) is 4. The third kappa shape index (κ3) is 4.61. The van der Waals surface area contributed by atoms with Crippen LogP contribution in [0.15, 0.2) is 23.1 Å². The molecule has 1 unspecified atom stereocenters. The van der Waals surface area contributed by atoms with Gasteiger partial charge in [-0.1, -0.05) is 36.2 Å². The van der Waals surface area contributed by atoms with Crippen LogP contribution in [0.25, 0.3) is 0 Å². The molecule has 0 aromatic heterocycles. The molecule has 1 aromatic rings. The van der Waals surface area contributed by atoms with Crippen LogP contribution in [0.1, 0.15) is 6.92 Å². The minimum atomic E-state index is -3.57. The molecule has 0 amide bonds. The molecule has 108 valence electrons. The molecule has 1 rings (SSSR count). The topological polar surface area (TPSA) is 55.4 Å². The second-order valence-electron chi connectivity index (χ2n) is 4.04. The van der Waals surface area contributed by atoms with E-state index in [2.05, 4.69) is 5.32 Å². The van der Waals surface area contributed by atoms with Crippen molar-refractivity contribution >= 4 is 33.0 Å². The number of sulfone groups is 1. The van der Waals surface area contributed by atoms with E-state index in [9.17, 15) is 8.42 Å². The van der Waals surface area contributed by atoms with Crippen molar-refractivity contribution in [2.24, 2.45) is 0 Å². The van der Waals surface area contributed by atoms with Crippen molar-refractivity contribution < 1.29 is 13.2 Å². The quantitative estimate of drug-likeness (QED) is 0.836. The Morgan fingerprint density at radius 3 is 2.37 bits per heavy atom. The Kier molecular flexibility index (Phi) is 6.56. The van der Waals surface area contributed by atoms with Crippen LogP contribution in [0.2, 0.25) is 10.0 Å². The van der Waals surface area contributed by atoms with Crippen LogP contribution in [0, 0.1) is 0 Å². The van der Waals surface area contributed by atoms with Gasteiger partial charge in [0.2, 0.25) is 0 Å². The Morgan fingerprint density at radius 1 is 1.32 bits per heavy atom. The molecule has 0 heterocycles. The molecule has 1 N–H and O–H groups in total. The predicted molar refractivity (Wildman–Crippen MR) is 77.9 cm³/mol. The highest BCUT2D eigenvalue weighted by Gasteiger charge is 2.25. The first-order valence-electron chi connectivity index (χ1n) is 5.81. The summed E-state index contributed by atoms with van der Waals surface area (Å²) in [5.74, 6) is -0.113. The molecule has 0 fully saturated rings. The van der Waals surface area contributed by atoms with E-state index in [1.54, 1.807) is 6.07 Å². The summed E-state index contributed by atoms with van der Waals surface area (Å²) in [5, 5.41) is 3.34. The van der Waals surface area contributed by atoms with Crippen LogP contribution in [-0.4, -0.2) is 40.5 Å². The Bertz CT molecular complexity index is 493. The van der Waals surface area contributed by atoms with Crippen molar-refractivity contribution in [1.82, 2.24) is 5.32 Å². The fraction of sp³-hybridized carbons (Fsp3) is 0.500. The highest BCUT2D eigenvalue weighted by Crippen LogP contribution is 2.30. The maximum absolute atomic E-state index is 12.4. The molecule has 0 aliphatic heterocycles. The number of benzene rings is 1. The fourth-order valence-electron chi connectivity index (χ4n) is 1.78. The van der Waals surface area contributed by atoms with Gasteiger partial charge in [0.15, 0.2) is 9.84 Å². The summed E-state index contributed by atoms with van der Waals surface area (Å²) in [4.78, 5) is -0.0164. The maximum Gasteiger partial charge on any atom is 0.182 e. The smallest absolute Gasteiger partial charge is 0.182 e. The maximum atomic E-state index is 12.4. The number of likely N-dealkylation sites (N-methyl/N-ethyl adjacent to an activating group) is 1. The molecule has 19 heavy (non-hydrogen) atoms. The van der Waals surface area contributed by atoms with Crippen molar-refractivity contribution in [2.45, 2.75) is 17.9 Å². The first-order valence-corrected chi connectivity index (χ1v) is 8.22. The average molecular weight is 326 g/mol. The molecule has 7 heteroatoms. The Hall–Kier alpha value is -0.330. The third-order valence-electron chi connectivity index (χ3n) is 2.51. The number of halogens is 2. The summed E-state index contributed by atoms with van der Waals surface area (Å²) in [7, 11) is -2.04. The molecule has 0 radical (unpaired) electrons. The van der Waals surface area contributed by atoms with E-state index in [-0.39, 0.29) is 26.7 Å². The molecule has 0 aliphatic rings. The third-order valence-corrected chi connectivity index (χ3v) is 5.27.